The molecule has 0 radical (unpaired) electrons. The second-order valence-electron chi connectivity index (χ2n) is 5.38. The number of hydrogen-bond acceptors (Lipinski definition) is 2. The Morgan fingerprint density at radius 2 is 1.41 bits per heavy atom. The lowest BCUT2D eigenvalue weighted by molar-refractivity contribution is -0.138. The molecule has 0 aliphatic rings. The van der Waals surface area contributed by atoms with Gasteiger partial charge in [-0.25, -0.2) is 0 Å². The fourth-order valence-electron chi connectivity index (χ4n) is 2.07. The van der Waals surface area contributed by atoms with Crippen LogP contribution in [0.2, 0.25) is 10.0 Å². The average molecular weight is 452 g/mol. The summed E-state index contributed by atoms with van der Waals surface area (Å²) in [6.45, 7) is 0. The van der Waals surface area contributed by atoms with Gasteiger partial charge in [0.25, 0.3) is 0 Å². The van der Waals surface area contributed by atoms with E-state index < -0.39 is 23.5 Å². The third-order valence-corrected chi connectivity index (χ3v) is 4.08. The van der Waals surface area contributed by atoms with E-state index in [4.69, 9.17) is 29.6 Å². The number of alkyl halides is 6. The van der Waals surface area contributed by atoms with Crippen molar-refractivity contribution < 1.29 is 26.3 Å². The molecule has 11 heteroatoms. The number of hydrogen-bond donors (Lipinski definition) is 1. The third-order valence-electron chi connectivity index (χ3n) is 3.42. The van der Waals surface area contributed by atoms with Gasteiger partial charge in [0.05, 0.1) is 27.4 Å². The Balaban J connectivity index is 0.000000212. The first-order valence-corrected chi connectivity index (χ1v) is 8.25. The van der Waals surface area contributed by atoms with Crippen molar-refractivity contribution in [1.82, 2.24) is 15.4 Å². The maximum atomic E-state index is 12.5. The van der Waals surface area contributed by atoms with Crippen molar-refractivity contribution in [1.29, 1.82) is 0 Å². The fourth-order valence-corrected chi connectivity index (χ4v) is 2.52. The summed E-state index contributed by atoms with van der Waals surface area (Å²) in [6, 6.07) is 6.93. The van der Waals surface area contributed by atoms with Gasteiger partial charge in [-0.05, 0) is 30.3 Å². The molecule has 0 bridgehead atoms. The molecule has 1 N–H and O–H groups in total. The molecular weight excluding hydrogens is 443 g/mol. The molecular formula is C18H9Cl2F6N3. The van der Waals surface area contributed by atoms with Gasteiger partial charge in [-0.3, -0.25) is 0 Å². The third kappa shape index (κ3) is 5.89. The number of aromatic amines is 1. The summed E-state index contributed by atoms with van der Waals surface area (Å²) in [7, 11) is 0. The number of terminal acetylenes is 1. The topological polar surface area (TPSA) is 41.6 Å². The fraction of sp³-hybridized carbons (Fsp3) is 0.111. The molecule has 0 saturated carbocycles. The van der Waals surface area contributed by atoms with Crippen LogP contribution in [-0.4, -0.2) is 15.4 Å². The van der Waals surface area contributed by atoms with Crippen LogP contribution in [0.3, 0.4) is 0 Å². The van der Waals surface area contributed by atoms with E-state index in [9.17, 15) is 26.3 Å². The Bertz CT molecular complexity index is 1020. The zero-order valence-corrected chi connectivity index (χ0v) is 15.5. The normalized spacial score (nSPS) is 11.4. The molecule has 0 fully saturated rings. The summed E-state index contributed by atoms with van der Waals surface area (Å²) in [4.78, 5) is 0. The van der Waals surface area contributed by atoms with E-state index in [2.05, 4.69) is 21.3 Å². The number of H-pyrrole nitrogens is 1. The molecule has 1 heterocycles. The molecule has 0 atom stereocenters. The minimum atomic E-state index is -4.48. The zero-order valence-electron chi connectivity index (χ0n) is 14.0. The lowest BCUT2D eigenvalue weighted by Crippen LogP contribution is -2.05. The van der Waals surface area contributed by atoms with E-state index in [-0.39, 0.29) is 15.6 Å². The van der Waals surface area contributed by atoms with Crippen molar-refractivity contribution in [2.75, 3.05) is 0 Å². The van der Waals surface area contributed by atoms with Gasteiger partial charge in [-0.2, -0.15) is 41.8 Å². The van der Waals surface area contributed by atoms with E-state index in [0.717, 1.165) is 18.2 Å². The molecule has 3 aromatic rings. The predicted molar refractivity (Wildman–Crippen MR) is 96.2 cm³/mol. The molecule has 0 unspecified atom stereocenters. The van der Waals surface area contributed by atoms with E-state index in [0.29, 0.717) is 11.3 Å². The molecule has 0 spiro atoms. The average Bonchev–Trinajstić information content (AvgIpc) is 3.16. The van der Waals surface area contributed by atoms with Crippen LogP contribution in [0.25, 0.3) is 11.3 Å². The van der Waals surface area contributed by atoms with Crippen LogP contribution in [0.1, 0.15) is 16.7 Å². The van der Waals surface area contributed by atoms with Crippen LogP contribution in [0.5, 0.6) is 0 Å². The van der Waals surface area contributed by atoms with Gasteiger partial charge >= 0.3 is 12.4 Å². The monoisotopic (exact) mass is 451 g/mol. The Hall–Kier alpha value is -2.70. The first kappa shape index (κ1) is 22.6. The summed E-state index contributed by atoms with van der Waals surface area (Å²) in [5, 5.41) is 8.87. The standard InChI is InChI=1S/C9H5ClF3N3.C9H4ClF3/c10-7-2-1-5(8-4-14-16-15-8)3-6(7)9(11,12)13;1-2-6-3-4-8(10)7(5-6)9(11,12)13/h1-4H,(H,14,15,16);1,3-5H. The van der Waals surface area contributed by atoms with Crippen LogP contribution in [0, 0.1) is 12.3 Å². The summed E-state index contributed by atoms with van der Waals surface area (Å²) in [5.41, 5.74) is -0.969. The van der Waals surface area contributed by atoms with E-state index in [1.54, 1.807) is 0 Å². The molecule has 3 nitrogen and oxygen atoms in total. The molecule has 0 aliphatic carbocycles. The smallest absolute Gasteiger partial charge is 0.197 e. The Morgan fingerprint density at radius 3 is 1.90 bits per heavy atom. The van der Waals surface area contributed by atoms with Crippen LogP contribution >= 0.6 is 23.2 Å². The first-order chi connectivity index (χ1) is 13.4. The quantitative estimate of drug-likeness (QED) is 0.339. The largest absolute Gasteiger partial charge is 0.417 e. The van der Waals surface area contributed by atoms with Crippen LogP contribution < -0.4 is 0 Å². The minimum Gasteiger partial charge on any atom is -0.197 e. The van der Waals surface area contributed by atoms with Gasteiger partial charge in [0, 0.05) is 11.1 Å². The van der Waals surface area contributed by atoms with Crippen LogP contribution in [0.15, 0.2) is 42.6 Å². The number of nitrogens with one attached hydrogen (secondary N) is 1. The van der Waals surface area contributed by atoms with Crippen molar-refractivity contribution in [3.63, 3.8) is 0 Å². The number of aromatic nitrogens is 3. The number of nitrogens with zero attached hydrogens (tertiary/aromatic N) is 2. The Labute approximate surface area is 170 Å². The van der Waals surface area contributed by atoms with Gasteiger partial charge in [0.2, 0.25) is 0 Å². The van der Waals surface area contributed by atoms with Crippen LogP contribution in [0.4, 0.5) is 26.3 Å². The van der Waals surface area contributed by atoms with E-state index in [1.807, 2.05) is 0 Å². The predicted octanol–water partition coefficient (Wildman–Crippen LogP) is 6.48. The molecule has 0 aliphatic heterocycles. The highest BCUT2D eigenvalue weighted by Gasteiger charge is 2.34. The van der Waals surface area contributed by atoms with E-state index >= 15 is 0 Å². The lowest BCUT2D eigenvalue weighted by atomic mass is 10.1. The van der Waals surface area contributed by atoms with Crippen molar-refractivity contribution in [3.05, 3.63) is 69.3 Å². The maximum absolute atomic E-state index is 12.5. The Morgan fingerprint density at radius 1 is 0.862 bits per heavy atom. The summed E-state index contributed by atoms with van der Waals surface area (Å²) < 4.78 is 74.3. The van der Waals surface area contributed by atoms with Gasteiger partial charge in [-0.15, -0.1) is 6.42 Å². The summed E-state index contributed by atoms with van der Waals surface area (Å²) >= 11 is 10.8. The molecule has 29 heavy (non-hydrogen) atoms. The Kier molecular flexibility index (Phi) is 6.82. The molecule has 2 aromatic carbocycles. The molecule has 3 rings (SSSR count). The molecule has 1 aromatic heterocycles. The second-order valence-corrected chi connectivity index (χ2v) is 6.20. The number of rotatable bonds is 1. The van der Waals surface area contributed by atoms with Crippen molar-refractivity contribution in [2.45, 2.75) is 12.4 Å². The number of benzene rings is 2. The highest BCUT2D eigenvalue weighted by Crippen LogP contribution is 2.37. The highest BCUT2D eigenvalue weighted by molar-refractivity contribution is 6.31. The zero-order chi connectivity index (χ0) is 21.8. The molecule has 152 valence electrons. The minimum absolute atomic E-state index is 0.164. The van der Waals surface area contributed by atoms with E-state index in [1.165, 1.54) is 24.4 Å². The molecule has 0 amide bonds. The van der Waals surface area contributed by atoms with Crippen molar-refractivity contribution >= 4 is 23.2 Å². The van der Waals surface area contributed by atoms with Gasteiger partial charge in [-0.1, -0.05) is 35.2 Å². The van der Waals surface area contributed by atoms with Gasteiger partial charge in [0.1, 0.15) is 5.69 Å². The lowest BCUT2D eigenvalue weighted by Gasteiger charge is -2.09. The maximum Gasteiger partial charge on any atom is 0.417 e. The van der Waals surface area contributed by atoms with Gasteiger partial charge in [0.15, 0.2) is 0 Å². The van der Waals surface area contributed by atoms with Crippen molar-refractivity contribution in [3.8, 4) is 23.6 Å². The summed E-state index contributed by atoms with van der Waals surface area (Å²) in [5.74, 6) is 2.11. The van der Waals surface area contributed by atoms with Crippen LogP contribution in [-0.2, 0) is 12.4 Å². The van der Waals surface area contributed by atoms with Crippen molar-refractivity contribution in [2.24, 2.45) is 0 Å². The van der Waals surface area contributed by atoms with Gasteiger partial charge < -0.3 is 0 Å². The number of halogens is 8. The summed E-state index contributed by atoms with van der Waals surface area (Å²) in [6.07, 6.45) is -2.64. The first-order valence-electron chi connectivity index (χ1n) is 7.49. The second kappa shape index (κ2) is 8.76. The SMILES string of the molecule is C#Cc1ccc(Cl)c(C(F)(F)F)c1.FC(F)(F)c1cc(-c2cn[nH]n2)ccc1Cl. The molecule has 0 saturated heterocycles. The highest BCUT2D eigenvalue weighted by atomic mass is 35.5.